The Morgan fingerprint density at radius 1 is 1.35 bits per heavy atom. The average molecular weight is 267 g/mol. The molecule has 1 aliphatic heterocycles. The minimum absolute atomic E-state index is 0.193. The Balaban J connectivity index is 0.000000366. The van der Waals surface area contributed by atoms with Crippen molar-refractivity contribution in [3.63, 3.8) is 0 Å². The molecule has 1 aliphatic rings. The standard InChI is InChI=1S/C9H17NO.CH4O4S/c1-9(2,3)10-7-5-6-8(10)11-4;1-5-6(2,3)4/h6H,5,7H2,1-4H3;1H3,(H,2,3,4). The number of nitrogens with zero attached hydrogens (tertiary/aromatic N) is 1. The molecule has 0 aromatic rings. The minimum atomic E-state index is -4.16. The summed E-state index contributed by atoms with van der Waals surface area (Å²) in [5.41, 5.74) is 0.193. The first-order chi connectivity index (χ1) is 7.61. The first-order valence-corrected chi connectivity index (χ1v) is 6.53. The van der Waals surface area contributed by atoms with Gasteiger partial charge in [0.25, 0.3) is 0 Å². The fourth-order valence-corrected chi connectivity index (χ4v) is 1.40. The lowest BCUT2D eigenvalue weighted by Crippen LogP contribution is -2.39. The first-order valence-electron chi connectivity index (χ1n) is 5.16. The summed E-state index contributed by atoms with van der Waals surface area (Å²) in [5.74, 6) is 1.03. The smallest absolute Gasteiger partial charge is 0.397 e. The zero-order valence-corrected chi connectivity index (χ0v) is 11.7. The van der Waals surface area contributed by atoms with E-state index >= 15 is 0 Å². The molecule has 0 saturated carbocycles. The summed E-state index contributed by atoms with van der Waals surface area (Å²) in [5, 5.41) is 0. The molecular weight excluding hydrogens is 246 g/mol. The predicted molar refractivity (Wildman–Crippen MR) is 64.7 cm³/mol. The Bertz CT molecular complexity index is 355. The second-order valence-electron chi connectivity index (χ2n) is 4.45. The maximum Gasteiger partial charge on any atom is 0.397 e. The Morgan fingerprint density at radius 2 is 1.82 bits per heavy atom. The minimum Gasteiger partial charge on any atom is -0.483 e. The van der Waals surface area contributed by atoms with E-state index in [2.05, 4.69) is 35.9 Å². The van der Waals surface area contributed by atoms with Crippen LogP contribution < -0.4 is 0 Å². The highest BCUT2D eigenvalue weighted by Crippen LogP contribution is 2.24. The van der Waals surface area contributed by atoms with E-state index in [1.807, 2.05) is 0 Å². The molecule has 17 heavy (non-hydrogen) atoms. The van der Waals surface area contributed by atoms with Crippen LogP contribution in [0.4, 0.5) is 0 Å². The number of hydrogen-bond acceptors (Lipinski definition) is 5. The topological polar surface area (TPSA) is 76.1 Å². The summed E-state index contributed by atoms with van der Waals surface area (Å²) >= 11 is 0. The number of hydrogen-bond donors (Lipinski definition) is 1. The van der Waals surface area contributed by atoms with E-state index in [0.29, 0.717) is 0 Å². The van der Waals surface area contributed by atoms with Gasteiger partial charge in [-0.25, -0.2) is 0 Å². The molecule has 0 radical (unpaired) electrons. The van der Waals surface area contributed by atoms with Crippen molar-refractivity contribution in [1.82, 2.24) is 4.90 Å². The van der Waals surface area contributed by atoms with Crippen LogP contribution in [0.15, 0.2) is 12.0 Å². The van der Waals surface area contributed by atoms with Crippen LogP contribution in [-0.4, -0.2) is 44.2 Å². The maximum absolute atomic E-state index is 9.33. The van der Waals surface area contributed by atoms with Gasteiger partial charge < -0.3 is 9.64 Å². The molecule has 1 heterocycles. The van der Waals surface area contributed by atoms with Gasteiger partial charge in [0.15, 0.2) is 5.88 Å². The molecule has 102 valence electrons. The van der Waals surface area contributed by atoms with Crippen LogP contribution in [0.2, 0.25) is 0 Å². The molecular formula is C10H21NO5S. The van der Waals surface area contributed by atoms with E-state index in [9.17, 15) is 8.42 Å². The predicted octanol–water partition coefficient (Wildman–Crippen LogP) is 1.41. The molecule has 1 rings (SSSR count). The summed E-state index contributed by atoms with van der Waals surface area (Å²) in [4.78, 5) is 2.28. The van der Waals surface area contributed by atoms with Gasteiger partial charge in [0.2, 0.25) is 0 Å². The van der Waals surface area contributed by atoms with Gasteiger partial charge in [0.05, 0.1) is 14.2 Å². The monoisotopic (exact) mass is 267 g/mol. The highest BCUT2D eigenvalue weighted by atomic mass is 32.3. The van der Waals surface area contributed by atoms with Crippen molar-refractivity contribution in [1.29, 1.82) is 0 Å². The summed E-state index contributed by atoms with van der Waals surface area (Å²) in [6.07, 6.45) is 3.26. The van der Waals surface area contributed by atoms with E-state index in [1.165, 1.54) is 0 Å². The number of methoxy groups -OCH3 is 1. The molecule has 7 heteroatoms. The van der Waals surface area contributed by atoms with E-state index < -0.39 is 10.4 Å². The van der Waals surface area contributed by atoms with Gasteiger partial charge in [-0.05, 0) is 33.3 Å². The molecule has 6 nitrogen and oxygen atoms in total. The highest BCUT2D eigenvalue weighted by molar-refractivity contribution is 7.80. The molecule has 1 N–H and O–H groups in total. The Labute approximate surface area is 103 Å². The van der Waals surface area contributed by atoms with Gasteiger partial charge in [0, 0.05) is 12.1 Å². The number of ether oxygens (including phenoxy) is 1. The second kappa shape index (κ2) is 6.23. The van der Waals surface area contributed by atoms with Crippen LogP contribution in [-0.2, 0) is 19.3 Å². The van der Waals surface area contributed by atoms with Crippen molar-refractivity contribution in [2.24, 2.45) is 0 Å². The lowest BCUT2D eigenvalue weighted by Gasteiger charge is -2.34. The third-order valence-electron chi connectivity index (χ3n) is 2.17. The summed E-state index contributed by atoms with van der Waals surface area (Å²) < 4.78 is 34.9. The SMILES string of the molecule is COC1=CCCN1C(C)(C)C.COS(=O)(=O)O. The first kappa shape index (κ1) is 16.2. The average Bonchev–Trinajstić information content (AvgIpc) is 2.64. The maximum atomic E-state index is 9.33. The molecule has 0 spiro atoms. The van der Waals surface area contributed by atoms with Gasteiger partial charge in [-0.2, -0.15) is 8.42 Å². The third kappa shape index (κ3) is 6.50. The van der Waals surface area contributed by atoms with E-state index in [-0.39, 0.29) is 5.54 Å². The molecule has 0 amide bonds. The Hall–Kier alpha value is -0.790. The van der Waals surface area contributed by atoms with Crippen LogP contribution in [0.1, 0.15) is 27.2 Å². The van der Waals surface area contributed by atoms with Crippen molar-refractivity contribution in [2.75, 3.05) is 20.8 Å². The zero-order valence-electron chi connectivity index (χ0n) is 10.9. The molecule has 0 unspecified atom stereocenters. The van der Waals surface area contributed by atoms with Crippen LogP contribution in [0, 0.1) is 0 Å². The molecule has 0 saturated heterocycles. The molecule has 0 aromatic heterocycles. The van der Waals surface area contributed by atoms with Crippen molar-refractivity contribution in [2.45, 2.75) is 32.7 Å². The van der Waals surface area contributed by atoms with E-state index in [0.717, 1.165) is 26.0 Å². The summed E-state index contributed by atoms with van der Waals surface area (Å²) in [6, 6.07) is 0. The normalized spacial score (nSPS) is 16.1. The summed E-state index contributed by atoms with van der Waals surface area (Å²) in [6.45, 7) is 7.69. The molecule has 0 aromatic carbocycles. The van der Waals surface area contributed by atoms with E-state index in [1.54, 1.807) is 7.11 Å². The van der Waals surface area contributed by atoms with Crippen molar-refractivity contribution in [3.05, 3.63) is 12.0 Å². The van der Waals surface area contributed by atoms with Crippen LogP contribution in [0.25, 0.3) is 0 Å². The summed E-state index contributed by atoms with van der Waals surface area (Å²) in [7, 11) is -1.56. The Morgan fingerprint density at radius 3 is 2.06 bits per heavy atom. The lowest BCUT2D eigenvalue weighted by molar-refractivity contribution is 0.0972. The highest BCUT2D eigenvalue weighted by Gasteiger charge is 2.26. The molecule has 0 fully saturated rings. The third-order valence-corrected chi connectivity index (χ3v) is 2.59. The number of rotatable bonds is 2. The van der Waals surface area contributed by atoms with E-state index in [4.69, 9.17) is 9.29 Å². The van der Waals surface area contributed by atoms with Crippen molar-refractivity contribution in [3.8, 4) is 0 Å². The fraction of sp³-hybridized carbons (Fsp3) is 0.800. The van der Waals surface area contributed by atoms with Gasteiger partial charge in [0.1, 0.15) is 0 Å². The lowest BCUT2D eigenvalue weighted by atomic mass is 10.1. The van der Waals surface area contributed by atoms with Crippen LogP contribution in [0.3, 0.4) is 0 Å². The molecule has 0 atom stereocenters. The molecule has 0 bridgehead atoms. The van der Waals surface area contributed by atoms with Crippen LogP contribution >= 0.6 is 0 Å². The zero-order chi connectivity index (χ0) is 13.7. The van der Waals surface area contributed by atoms with Gasteiger partial charge >= 0.3 is 10.4 Å². The van der Waals surface area contributed by atoms with Crippen LogP contribution in [0.5, 0.6) is 0 Å². The quantitative estimate of drug-likeness (QED) is 0.762. The van der Waals surface area contributed by atoms with Gasteiger partial charge in [-0.1, -0.05) is 0 Å². The van der Waals surface area contributed by atoms with Crippen molar-refractivity contribution >= 4 is 10.4 Å². The van der Waals surface area contributed by atoms with Gasteiger partial charge in [-0.3, -0.25) is 8.74 Å². The van der Waals surface area contributed by atoms with Gasteiger partial charge in [-0.15, -0.1) is 0 Å². The molecule has 0 aliphatic carbocycles. The fourth-order valence-electron chi connectivity index (χ4n) is 1.40. The van der Waals surface area contributed by atoms with Crippen molar-refractivity contribution < 1.29 is 21.9 Å². The largest absolute Gasteiger partial charge is 0.483 e. The Kier molecular flexibility index (Phi) is 5.94. The second-order valence-corrected chi connectivity index (χ2v) is 5.64.